The molecule has 7 heteroatoms. The van der Waals surface area contributed by atoms with Crippen molar-refractivity contribution in [3.05, 3.63) is 0 Å². The summed E-state index contributed by atoms with van der Waals surface area (Å²) in [5.74, 6) is -1.49. The first-order valence-electron chi connectivity index (χ1n) is 7.12. The Morgan fingerprint density at radius 1 is 1.24 bits per heavy atom. The van der Waals surface area contributed by atoms with E-state index < -0.39 is 29.9 Å². The normalized spacial score (nSPS) is 20.4. The van der Waals surface area contributed by atoms with Crippen LogP contribution in [0, 0.1) is 5.41 Å². The first-order valence-corrected chi connectivity index (χ1v) is 7.12. The number of hydrogen-bond acceptors (Lipinski definition) is 2. The Bertz CT molecular complexity index is 393. The highest BCUT2D eigenvalue weighted by atomic mass is 19.4. The SMILES string of the molecule is CC(C)(CC(=O)N1CCCCC1CCC(=O)O)C(F)(F)F. The third-order valence-electron chi connectivity index (χ3n) is 4.00. The van der Waals surface area contributed by atoms with Gasteiger partial charge in [0.25, 0.3) is 0 Å². The molecule has 0 saturated carbocycles. The Balaban J connectivity index is 2.71. The van der Waals surface area contributed by atoms with Crippen molar-refractivity contribution in [1.29, 1.82) is 0 Å². The number of rotatable bonds is 5. The molecule has 4 nitrogen and oxygen atoms in total. The molecule has 1 atom stereocenters. The van der Waals surface area contributed by atoms with Crippen LogP contribution < -0.4 is 0 Å². The highest BCUT2D eigenvalue weighted by molar-refractivity contribution is 5.77. The summed E-state index contributed by atoms with van der Waals surface area (Å²) in [6, 6.07) is -0.258. The van der Waals surface area contributed by atoms with Crippen LogP contribution in [-0.2, 0) is 9.59 Å². The first-order chi connectivity index (χ1) is 9.54. The van der Waals surface area contributed by atoms with Crippen molar-refractivity contribution in [2.45, 2.75) is 64.6 Å². The van der Waals surface area contributed by atoms with Gasteiger partial charge in [0.1, 0.15) is 0 Å². The number of piperidine rings is 1. The molecule has 0 aliphatic carbocycles. The van der Waals surface area contributed by atoms with Gasteiger partial charge in [0, 0.05) is 25.4 Å². The van der Waals surface area contributed by atoms with E-state index in [0.29, 0.717) is 19.4 Å². The van der Waals surface area contributed by atoms with Crippen LogP contribution >= 0.6 is 0 Å². The van der Waals surface area contributed by atoms with Crippen LogP contribution in [0.4, 0.5) is 13.2 Å². The second-order valence-electron chi connectivity index (χ2n) is 6.23. The van der Waals surface area contributed by atoms with Gasteiger partial charge in [0.2, 0.25) is 5.91 Å². The van der Waals surface area contributed by atoms with Crippen molar-refractivity contribution in [3.63, 3.8) is 0 Å². The van der Waals surface area contributed by atoms with Crippen molar-refractivity contribution in [2.75, 3.05) is 6.54 Å². The van der Waals surface area contributed by atoms with Gasteiger partial charge in [0.15, 0.2) is 0 Å². The molecule has 21 heavy (non-hydrogen) atoms. The van der Waals surface area contributed by atoms with E-state index in [4.69, 9.17) is 5.11 Å². The van der Waals surface area contributed by atoms with E-state index in [0.717, 1.165) is 26.7 Å². The zero-order chi connectivity index (χ0) is 16.3. The number of likely N-dealkylation sites (tertiary alicyclic amines) is 1. The number of carboxylic acid groups (broad SMARTS) is 1. The fourth-order valence-corrected chi connectivity index (χ4v) is 2.50. The smallest absolute Gasteiger partial charge is 0.394 e. The summed E-state index contributed by atoms with van der Waals surface area (Å²) in [4.78, 5) is 24.3. The number of hydrogen-bond donors (Lipinski definition) is 1. The summed E-state index contributed by atoms with van der Waals surface area (Å²) in [7, 11) is 0. The molecule has 0 aromatic rings. The lowest BCUT2D eigenvalue weighted by Crippen LogP contribution is -2.47. The molecule has 1 aliphatic rings. The molecular formula is C14H22F3NO3. The van der Waals surface area contributed by atoms with Crippen LogP contribution in [0.25, 0.3) is 0 Å². The van der Waals surface area contributed by atoms with Crippen molar-refractivity contribution in [3.8, 4) is 0 Å². The quantitative estimate of drug-likeness (QED) is 0.848. The monoisotopic (exact) mass is 309 g/mol. The molecule has 1 N–H and O–H groups in total. The van der Waals surface area contributed by atoms with Gasteiger partial charge in [-0.25, -0.2) is 0 Å². The average Bonchev–Trinajstić information content (AvgIpc) is 2.34. The highest BCUT2D eigenvalue weighted by Crippen LogP contribution is 2.41. The van der Waals surface area contributed by atoms with Crippen LogP contribution in [0.2, 0.25) is 0 Å². The Morgan fingerprint density at radius 3 is 2.38 bits per heavy atom. The van der Waals surface area contributed by atoms with E-state index >= 15 is 0 Å². The third-order valence-corrected chi connectivity index (χ3v) is 4.00. The molecule has 1 heterocycles. The molecule has 0 aromatic heterocycles. The van der Waals surface area contributed by atoms with Gasteiger partial charge in [-0.05, 0) is 25.7 Å². The molecule has 1 fully saturated rings. The molecule has 0 radical (unpaired) electrons. The van der Waals surface area contributed by atoms with E-state index in [1.807, 2.05) is 0 Å². The van der Waals surface area contributed by atoms with Crippen LogP contribution in [0.1, 0.15) is 52.4 Å². The van der Waals surface area contributed by atoms with Crippen LogP contribution in [0.5, 0.6) is 0 Å². The number of nitrogens with zero attached hydrogens (tertiary/aromatic N) is 1. The topological polar surface area (TPSA) is 57.6 Å². The zero-order valence-corrected chi connectivity index (χ0v) is 12.4. The minimum atomic E-state index is -4.44. The molecule has 0 bridgehead atoms. The van der Waals surface area contributed by atoms with Crippen LogP contribution in [0.15, 0.2) is 0 Å². The van der Waals surface area contributed by atoms with E-state index in [2.05, 4.69) is 0 Å². The lowest BCUT2D eigenvalue weighted by Gasteiger charge is -2.38. The number of aliphatic carboxylic acids is 1. The Morgan fingerprint density at radius 2 is 1.86 bits per heavy atom. The van der Waals surface area contributed by atoms with Crippen molar-refractivity contribution in [2.24, 2.45) is 5.41 Å². The van der Waals surface area contributed by atoms with E-state index in [1.54, 1.807) is 0 Å². The summed E-state index contributed by atoms with van der Waals surface area (Å²) in [5.41, 5.74) is -2.07. The number of amides is 1. The maximum Gasteiger partial charge on any atom is 0.394 e. The Labute approximate surface area is 122 Å². The van der Waals surface area contributed by atoms with Gasteiger partial charge >= 0.3 is 12.1 Å². The van der Waals surface area contributed by atoms with Crippen molar-refractivity contribution >= 4 is 11.9 Å². The standard InChI is InChI=1S/C14H22F3NO3/c1-13(2,14(15,16)17)9-11(19)18-8-4-3-5-10(18)6-7-12(20)21/h10H,3-9H2,1-2H3,(H,20,21). The summed E-state index contributed by atoms with van der Waals surface area (Å²) in [6.45, 7) is 2.44. The summed E-state index contributed by atoms with van der Waals surface area (Å²) < 4.78 is 38.6. The lowest BCUT2D eigenvalue weighted by atomic mass is 9.87. The molecule has 0 spiro atoms. The number of carbonyl (C=O) groups is 2. The maximum absolute atomic E-state index is 12.9. The Hall–Kier alpha value is -1.27. The second-order valence-corrected chi connectivity index (χ2v) is 6.23. The molecule has 1 amide bonds. The number of halogens is 3. The number of alkyl halides is 3. The predicted octanol–water partition coefficient (Wildman–Crippen LogP) is 3.21. The van der Waals surface area contributed by atoms with Crippen LogP contribution in [0.3, 0.4) is 0 Å². The molecule has 1 saturated heterocycles. The van der Waals surface area contributed by atoms with Crippen molar-refractivity contribution < 1.29 is 27.9 Å². The molecule has 1 unspecified atom stereocenters. The highest BCUT2D eigenvalue weighted by Gasteiger charge is 2.49. The zero-order valence-electron chi connectivity index (χ0n) is 12.4. The molecule has 122 valence electrons. The first kappa shape index (κ1) is 17.8. The minimum Gasteiger partial charge on any atom is -0.481 e. The van der Waals surface area contributed by atoms with Gasteiger partial charge in [0.05, 0.1) is 5.41 Å². The average molecular weight is 309 g/mol. The maximum atomic E-state index is 12.9. The fraction of sp³-hybridized carbons (Fsp3) is 0.857. The third kappa shape index (κ3) is 4.89. The molecule has 1 aliphatic heterocycles. The molecular weight excluding hydrogens is 287 g/mol. The number of carbonyl (C=O) groups excluding carboxylic acids is 1. The largest absolute Gasteiger partial charge is 0.481 e. The van der Waals surface area contributed by atoms with Gasteiger partial charge in [-0.3, -0.25) is 9.59 Å². The van der Waals surface area contributed by atoms with Gasteiger partial charge in [-0.2, -0.15) is 13.2 Å². The van der Waals surface area contributed by atoms with Gasteiger partial charge < -0.3 is 10.0 Å². The van der Waals surface area contributed by atoms with Gasteiger partial charge in [-0.1, -0.05) is 13.8 Å². The van der Waals surface area contributed by atoms with E-state index in [-0.39, 0.29) is 12.5 Å². The Kier molecular flexibility index (Phi) is 5.64. The summed E-state index contributed by atoms with van der Waals surface area (Å²) in [5, 5.41) is 8.71. The number of carboxylic acids is 1. The second kappa shape index (κ2) is 6.66. The minimum absolute atomic E-state index is 0.0723. The predicted molar refractivity (Wildman–Crippen MR) is 70.7 cm³/mol. The fourth-order valence-electron chi connectivity index (χ4n) is 2.50. The van der Waals surface area contributed by atoms with Crippen molar-refractivity contribution in [1.82, 2.24) is 4.90 Å². The van der Waals surface area contributed by atoms with E-state index in [9.17, 15) is 22.8 Å². The van der Waals surface area contributed by atoms with Crippen LogP contribution in [-0.4, -0.2) is 40.6 Å². The van der Waals surface area contributed by atoms with Gasteiger partial charge in [-0.15, -0.1) is 0 Å². The molecule has 0 aromatic carbocycles. The summed E-state index contributed by atoms with van der Waals surface area (Å²) in [6.07, 6.45) is -2.52. The summed E-state index contributed by atoms with van der Waals surface area (Å²) >= 11 is 0. The molecule has 1 rings (SSSR count). The lowest BCUT2D eigenvalue weighted by molar-refractivity contribution is -0.215. The van der Waals surface area contributed by atoms with E-state index in [1.165, 1.54) is 4.90 Å².